The molecular formula is C51H65N7O9. The number of carbonyl (C=O) groups is 8. The number of ether oxygens (including phenoxy) is 1. The zero-order valence-electron chi connectivity index (χ0n) is 39.0. The van der Waals surface area contributed by atoms with Gasteiger partial charge in [0, 0.05) is 107 Å². The van der Waals surface area contributed by atoms with Gasteiger partial charge in [0.05, 0.1) is 6.04 Å². The first-order valence-corrected chi connectivity index (χ1v) is 23.3. The maximum Gasteiger partial charge on any atom is 0.312 e. The van der Waals surface area contributed by atoms with E-state index in [1.807, 2.05) is 44.3 Å². The zero-order valence-corrected chi connectivity index (χ0v) is 39.0. The largest absolute Gasteiger partial charge is 0.461 e. The van der Waals surface area contributed by atoms with Gasteiger partial charge in [-0.2, -0.15) is 0 Å². The topological polar surface area (TPSA) is 227 Å². The molecule has 0 saturated heterocycles. The van der Waals surface area contributed by atoms with E-state index in [4.69, 9.17) is 10.5 Å². The summed E-state index contributed by atoms with van der Waals surface area (Å²) < 4.78 is 5.46. The number of aryl methyl sites for hydroxylation is 1. The van der Waals surface area contributed by atoms with Crippen LogP contribution in [-0.4, -0.2) is 94.2 Å². The van der Waals surface area contributed by atoms with Gasteiger partial charge in [-0.3, -0.25) is 48.3 Å². The number of aromatic nitrogens is 1. The molecule has 1 aromatic heterocycles. The molecule has 5 N–H and O–H groups in total. The van der Waals surface area contributed by atoms with E-state index in [0.29, 0.717) is 49.8 Å². The molecule has 2 aliphatic heterocycles. The van der Waals surface area contributed by atoms with E-state index in [9.17, 15) is 38.4 Å². The van der Waals surface area contributed by atoms with Gasteiger partial charge in [0.15, 0.2) is 5.78 Å². The molecule has 2 atom stereocenters. The number of imide groups is 1. The maximum atomic E-state index is 13.7. The molecule has 67 heavy (non-hydrogen) atoms. The summed E-state index contributed by atoms with van der Waals surface area (Å²) in [6, 6.07) is 15.3. The Kier molecular flexibility index (Phi) is 19.9. The Morgan fingerprint density at radius 3 is 2.21 bits per heavy atom. The van der Waals surface area contributed by atoms with E-state index in [1.165, 1.54) is 28.3 Å². The zero-order chi connectivity index (χ0) is 48.3. The summed E-state index contributed by atoms with van der Waals surface area (Å²) >= 11 is 0. The van der Waals surface area contributed by atoms with Crippen LogP contribution in [0.2, 0.25) is 0 Å². The van der Waals surface area contributed by atoms with Crippen LogP contribution < -0.4 is 21.7 Å². The number of rotatable bonds is 27. The van der Waals surface area contributed by atoms with E-state index < -0.39 is 29.9 Å². The average Bonchev–Trinajstić information content (AvgIpc) is 3.62. The third kappa shape index (κ3) is 17.0. The summed E-state index contributed by atoms with van der Waals surface area (Å²) in [5.74, 6) is -2.88. The molecular weight excluding hydrogens is 855 g/mol. The fraction of sp³-hybridized carbons (Fsp3) is 0.471. The second kappa shape index (κ2) is 26.0. The summed E-state index contributed by atoms with van der Waals surface area (Å²) in [4.78, 5) is 108. The number of pyridine rings is 1. The Balaban J connectivity index is 1.01. The highest BCUT2D eigenvalue weighted by molar-refractivity contribution is 6.12. The lowest BCUT2D eigenvalue weighted by molar-refractivity contribution is -0.145. The molecule has 16 nitrogen and oxygen atoms in total. The highest BCUT2D eigenvalue weighted by atomic mass is 16.5. The van der Waals surface area contributed by atoms with Crippen molar-refractivity contribution < 1.29 is 43.1 Å². The van der Waals surface area contributed by atoms with Gasteiger partial charge in [-0.05, 0) is 84.9 Å². The lowest BCUT2D eigenvalue weighted by atomic mass is 9.88. The van der Waals surface area contributed by atoms with Gasteiger partial charge in [0.25, 0.3) is 17.7 Å². The minimum atomic E-state index is -0.883. The van der Waals surface area contributed by atoms with Crippen molar-refractivity contribution in [3.05, 3.63) is 112 Å². The van der Waals surface area contributed by atoms with Crippen molar-refractivity contribution in [2.24, 2.45) is 17.6 Å². The number of ketones is 2. The highest BCUT2D eigenvalue weighted by Crippen LogP contribution is 2.22. The van der Waals surface area contributed by atoms with Gasteiger partial charge >= 0.3 is 12.0 Å². The average molecular weight is 920 g/mol. The van der Waals surface area contributed by atoms with Crippen LogP contribution in [0.1, 0.15) is 116 Å². The minimum Gasteiger partial charge on any atom is -0.461 e. The number of hydrogen-bond donors (Lipinski definition) is 4. The molecule has 3 heterocycles. The molecule has 2 aromatic carbocycles. The molecule has 0 fully saturated rings. The summed E-state index contributed by atoms with van der Waals surface area (Å²) in [6.45, 7) is 9.16. The predicted octanol–water partition coefficient (Wildman–Crippen LogP) is 4.96. The summed E-state index contributed by atoms with van der Waals surface area (Å²) in [5, 5.41) is 8.25. The molecule has 6 amide bonds. The third-order valence-corrected chi connectivity index (χ3v) is 12.0. The van der Waals surface area contributed by atoms with Crippen LogP contribution in [-0.2, 0) is 66.0 Å². The van der Waals surface area contributed by atoms with E-state index in [-0.39, 0.29) is 87.0 Å². The van der Waals surface area contributed by atoms with Crippen molar-refractivity contribution >= 4 is 47.2 Å². The number of nitrogens with two attached hydrogens (primary N) is 1. The lowest BCUT2D eigenvalue weighted by Gasteiger charge is -2.28. The molecule has 0 aliphatic carbocycles. The number of esters is 1. The number of fused-ring (bicyclic) bond motifs is 1. The Morgan fingerprint density at radius 2 is 1.51 bits per heavy atom. The monoisotopic (exact) mass is 919 g/mol. The first-order chi connectivity index (χ1) is 32.1. The predicted molar refractivity (Wildman–Crippen MR) is 251 cm³/mol. The standard InChI is InChI=1S/C51H65N7O9/c1-34(2)42(29-41(59)9-5-4-6-25-58-46(61)20-21-47(58)62)50(65)56-44(10-7-24-54-51(52)66)45(60)28-36-12-14-38(15-13-36)33-67-48(63)11-8-23-53-49(64)39-18-16-37(17-19-39)31-57-26-22-43-40(32-57)27-35(3)30-55-43/h12-21,27,30,34,42,44H,4-11,22-26,28-29,31-33H2,1-3H3,(H,53,64)(H,56,65)(H3,52,54,66)/t42-,44-/m0/s1. The number of unbranched alkanes of at least 4 members (excludes halogenated alkanes) is 2. The van der Waals surface area contributed by atoms with Crippen LogP contribution in [0.4, 0.5) is 4.79 Å². The molecule has 358 valence electrons. The summed E-state index contributed by atoms with van der Waals surface area (Å²) in [5.41, 5.74) is 11.9. The molecule has 3 aromatic rings. The van der Waals surface area contributed by atoms with E-state index in [2.05, 4.69) is 38.8 Å². The van der Waals surface area contributed by atoms with E-state index in [1.54, 1.807) is 24.3 Å². The fourth-order valence-corrected chi connectivity index (χ4v) is 8.12. The minimum absolute atomic E-state index is 0.00595. The first-order valence-electron chi connectivity index (χ1n) is 23.3. The number of carbonyl (C=O) groups excluding carboxylic acids is 8. The second-order valence-corrected chi connectivity index (χ2v) is 17.8. The van der Waals surface area contributed by atoms with Gasteiger partial charge in [-0.25, -0.2) is 4.79 Å². The van der Waals surface area contributed by atoms with Crippen LogP contribution >= 0.6 is 0 Å². The number of hydrogen-bond acceptors (Lipinski definition) is 11. The van der Waals surface area contributed by atoms with Crippen LogP contribution in [0.3, 0.4) is 0 Å². The van der Waals surface area contributed by atoms with E-state index in [0.717, 1.165) is 42.7 Å². The SMILES string of the molecule is Cc1cnc2c(c1)CN(Cc1ccc(C(=O)NCCCC(=O)OCc3ccc(CC(=O)[C@H](CCCNC(N)=O)NC(=O)[C@@H](CC(=O)CCCCCN4C(=O)C=CC4=O)C(C)C)cc3)cc1)CC2. The summed E-state index contributed by atoms with van der Waals surface area (Å²) in [6.07, 6.45) is 8.48. The van der Waals surface area contributed by atoms with Crippen molar-refractivity contribution in [3.63, 3.8) is 0 Å². The quantitative estimate of drug-likeness (QED) is 0.0454. The number of urea groups is 1. The Bertz CT molecular complexity index is 2240. The van der Waals surface area contributed by atoms with Gasteiger partial charge < -0.3 is 26.4 Å². The molecule has 2 aliphatic rings. The third-order valence-electron chi connectivity index (χ3n) is 12.0. The maximum absolute atomic E-state index is 13.7. The van der Waals surface area contributed by atoms with Crippen molar-refractivity contribution in [1.29, 1.82) is 0 Å². The first kappa shape index (κ1) is 51.4. The number of primary amides is 1. The lowest BCUT2D eigenvalue weighted by Crippen LogP contribution is -2.46. The Hall–Kier alpha value is -6.55. The fourth-order valence-electron chi connectivity index (χ4n) is 8.12. The molecule has 5 rings (SSSR count). The molecule has 0 unspecified atom stereocenters. The second-order valence-electron chi connectivity index (χ2n) is 17.8. The van der Waals surface area contributed by atoms with Crippen molar-refractivity contribution in [3.8, 4) is 0 Å². The number of Topliss-reactive ketones (excluding diaryl/α,β-unsaturated/α-hetero) is 2. The van der Waals surface area contributed by atoms with Gasteiger partial charge in [-0.15, -0.1) is 0 Å². The van der Waals surface area contributed by atoms with Gasteiger partial charge in [0.2, 0.25) is 5.91 Å². The number of nitrogens with one attached hydrogen (secondary N) is 3. The molecule has 0 saturated carbocycles. The van der Waals surface area contributed by atoms with Crippen LogP contribution in [0.5, 0.6) is 0 Å². The number of nitrogens with zero attached hydrogens (tertiary/aromatic N) is 3. The molecule has 0 radical (unpaired) electrons. The van der Waals surface area contributed by atoms with Crippen LogP contribution in [0.25, 0.3) is 0 Å². The molecule has 0 spiro atoms. The van der Waals surface area contributed by atoms with Gasteiger partial charge in [-0.1, -0.05) is 62.7 Å². The summed E-state index contributed by atoms with van der Waals surface area (Å²) in [7, 11) is 0. The highest BCUT2D eigenvalue weighted by Gasteiger charge is 2.29. The molecule has 16 heteroatoms. The molecule has 0 bridgehead atoms. The Labute approximate surface area is 392 Å². The number of benzene rings is 2. The van der Waals surface area contributed by atoms with Crippen molar-refractivity contribution in [1.82, 2.24) is 30.7 Å². The van der Waals surface area contributed by atoms with Crippen molar-refractivity contribution in [2.75, 3.05) is 26.2 Å². The normalized spacial score (nSPS) is 14.4. The van der Waals surface area contributed by atoms with Crippen molar-refractivity contribution in [2.45, 2.75) is 117 Å². The smallest absolute Gasteiger partial charge is 0.312 e. The van der Waals surface area contributed by atoms with E-state index >= 15 is 0 Å². The van der Waals surface area contributed by atoms with Gasteiger partial charge in [0.1, 0.15) is 12.4 Å². The van der Waals surface area contributed by atoms with Crippen LogP contribution in [0.15, 0.2) is 72.9 Å². The van der Waals surface area contributed by atoms with Crippen LogP contribution in [0, 0.1) is 18.8 Å². The number of amides is 6. The Morgan fingerprint density at radius 1 is 0.821 bits per heavy atom.